The minimum atomic E-state index is -0.712. The first-order valence-electron chi connectivity index (χ1n) is 9.74. The Morgan fingerprint density at radius 2 is 1.70 bits per heavy atom. The second-order valence-corrected chi connectivity index (χ2v) is 9.13. The van der Waals surface area contributed by atoms with Gasteiger partial charge in [-0.3, -0.25) is 9.59 Å². The lowest BCUT2D eigenvalue weighted by Crippen LogP contribution is -2.52. The fourth-order valence-electron chi connectivity index (χ4n) is 2.79. The molecule has 0 spiro atoms. The van der Waals surface area contributed by atoms with E-state index >= 15 is 0 Å². The summed E-state index contributed by atoms with van der Waals surface area (Å²) in [4.78, 5) is 27.1. The van der Waals surface area contributed by atoms with Gasteiger partial charge in [0.25, 0.3) is 0 Å². The van der Waals surface area contributed by atoms with Crippen molar-refractivity contribution in [3.63, 3.8) is 0 Å². The van der Waals surface area contributed by atoms with Crippen LogP contribution in [-0.4, -0.2) is 34.0 Å². The lowest BCUT2D eigenvalue weighted by atomic mass is 10.1. The van der Waals surface area contributed by atoms with Gasteiger partial charge < -0.3 is 10.2 Å². The largest absolute Gasteiger partial charge is 0.350 e. The van der Waals surface area contributed by atoms with Crippen LogP contribution in [-0.2, 0) is 21.9 Å². The first-order valence-corrected chi connectivity index (χ1v) is 10.9. The van der Waals surface area contributed by atoms with Crippen LogP contribution in [0.25, 0.3) is 0 Å². The van der Waals surface area contributed by atoms with Crippen LogP contribution >= 0.6 is 11.8 Å². The maximum Gasteiger partial charge on any atom is 0.242 e. The van der Waals surface area contributed by atoms with Crippen molar-refractivity contribution in [1.29, 1.82) is 0 Å². The molecule has 0 saturated heterocycles. The van der Waals surface area contributed by atoms with Gasteiger partial charge in [-0.25, -0.2) is 8.78 Å². The third kappa shape index (κ3) is 7.44. The van der Waals surface area contributed by atoms with Gasteiger partial charge in [-0.15, -0.1) is 11.8 Å². The minimum absolute atomic E-state index is 0.0999. The molecule has 2 aromatic rings. The minimum Gasteiger partial charge on any atom is -0.350 e. The number of carbonyl (C=O) groups excluding carboxylic acids is 2. The first kappa shape index (κ1) is 23.9. The molecule has 0 aliphatic heterocycles. The van der Waals surface area contributed by atoms with Crippen LogP contribution in [0.4, 0.5) is 8.78 Å². The fourth-order valence-corrected chi connectivity index (χ4v) is 3.69. The monoisotopic (exact) mass is 434 g/mol. The third-order valence-electron chi connectivity index (χ3n) is 4.37. The average molecular weight is 435 g/mol. The van der Waals surface area contributed by atoms with Crippen molar-refractivity contribution in [2.24, 2.45) is 0 Å². The maximum absolute atomic E-state index is 13.8. The van der Waals surface area contributed by atoms with Gasteiger partial charge in [0.15, 0.2) is 0 Å². The predicted molar refractivity (Wildman–Crippen MR) is 117 cm³/mol. The molecule has 0 unspecified atom stereocenters. The van der Waals surface area contributed by atoms with Gasteiger partial charge in [-0.05, 0) is 57.0 Å². The molecule has 4 nitrogen and oxygen atoms in total. The van der Waals surface area contributed by atoms with E-state index < -0.39 is 11.6 Å². The number of hydrogen-bond donors (Lipinski definition) is 1. The average Bonchev–Trinajstić information content (AvgIpc) is 2.67. The van der Waals surface area contributed by atoms with E-state index in [1.54, 1.807) is 37.3 Å². The number of carbonyl (C=O) groups is 2. The van der Waals surface area contributed by atoms with Crippen molar-refractivity contribution < 1.29 is 18.4 Å². The van der Waals surface area contributed by atoms with Crippen molar-refractivity contribution in [1.82, 2.24) is 10.2 Å². The summed E-state index contributed by atoms with van der Waals surface area (Å²) >= 11 is 1.29. The van der Waals surface area contributed by atoms with Crippen molar-refractivity contribution in [3.05, 3.63) is 71.3 Å². The lowest BCUT2D eigenvalue weighted by molar-refractivity contribution is -0.139. The van der Waals surface area contributed by atoms with E-state index in [2.05, 4.69) is 5.32 Å². The molecule has 30 heavy (non-hydrogen) atoms. The normalized spacial score (nSPS) is 12.3. The van der Waals surface area contributed by atoms with Gasteiger partial charge in [-0.2, -0.15) is 0 Å². The van der Waals surface area contributed by atoms with Gasteiger partial charge in [-0.1, -0.05) is 30.3 Å². The number of amides is 2. The molecule has 162 valence electrons. The molecular weight excluding hydrogens is 406 g/mol. The van der Waals surface area contributed by atoms with Crippen LogP contribution in [0.5, 0.6) is 0 Å². The van der Waals surface area contributed by atoms with E-state index in [-0.39, 0.29) is 35.7 Å². The smallest absolute Gasteiger partial charge is 0.242 e. The molecule has 0 radical (unpaired) electrons. The molecule has 0 saturated carbocycles. The number of thioether (sulfide) groups is 1. The Morgan fingerprint density at radius 3 is 2.30 bits per heavy atom. The molecule has 0 aliphatic rings. The van der Waals surface area contributed by atoms with Crippen LogP contribution in [0.1, 0.15) is 38.8 Å². The highest BCUT2D eigenvalue weighted by Crippen LogP contribution is 2.18. The second kappa shape index (κ2) is 10.6. The Balaban J connectivity index is 2.10. The molecule has 7 heteroatoms. The zero-order chi connectivity index (χ0) is 22.3. The Hall–Kier alpha value is -2.41. The Labute approximate surface area is 181 Å². The Kier molecular flexibility index (Phi) is 8.41. The first-order chi connectivity index (χ1) is 14.1. The van der Waals surface area contributed by atoms with E-state index in [1.807, 2.05) is 20.8 Å². The van der Waals surface area contributed by atoms with Crippen LogP contribution in [0.2, 0.25) is 0 Å². The molecule has 0 bridgehead atoms. The van der Waals surface area contributed by atoms with Crippen LogP contribution < -0.4 is 5.32 Å². The highest BCUT2D eigenvalue weighted by molar-refractivity contribution is 7.99. The molecule has 1 atom stereocenters. The van der Waals surface area contributed by atoms with Crippen LogP contribution in [0.3, 0.4) is 0 Å². The molecule has 0 fully saturated rings. The molecular formula is C23H28F2N2O2S. The van der Waals surface area contributed by atoms with Crippen molar-refractivity contribution >= 4 is 23.6 Å². The number of rotatable bonds is 8. The van der Waals surface area contributed by atoms with Crippen LogP contribution in [0.15, 0.2) is 48.5 Å². The summed E-state index contributed by atoms with van der Waals surface area (Å²) in [5.41, 5.74) is 0.813. The van der Waals surface area contributed by atoms with Gasteiger partial charge >= 0.3 is 0 Å². The quantitative estimate of drug-likeness (QED) is 0.664. The summed E-state index contributed by atoms with van der Waals surface area (Å²) in [6.45, 7) is 7.46. The number of halogens is 2. The summed E-state index contributed by atoms with van der Waals surface area (Å²) in [6, 6.07) is 11.6. The van der Waals surface area contributed by atoms with E-state index in [9.17, 15) is 18.4 Å². The SMILES string of the molecule is C[C@H](C(=O)NC(C)(C)C)N(Cc1ccc(F)cc1)C(=O)CSCc1ccccc1F. The van der Waals surface area contributed by atoms with E-state index in [0.29, 0.717) is 11.3 Å². The highest BCUT2D eigenvalue weighted by Gasteiger charge is 2.28. The van der Waals surface area contributed by atoms with Crippen molar-refractivity contribution in [2.45, 2.75) is 51.6 Å². The summed E-state index contributed by atoms with van der Waals surface area (Å²) in [5.74, 6) is -0.725. The van der Waals surface area contributed by atoms with Gasteiger partial charge in [0, 0.05) is 17.8 Å². The number of nitrogens with zero attached hydrogens (tertiary/aromatic N) is 1. The molecule has 0 aliphatic carbocycles. The maximum atomic E-state index is 13.8. The lowest BCUT2D eigenvalue weighted by Gasteiger charge is -2.31. The topological polar surface area (TPSA) is 49.4 Å². The predicted octanol–water partition coefficient (Wildman–Crippen LogP) is 4.53. The van der Waals surface area contributed by atoms with Gasteiger partial charge in [0.2, 0.25) is 11.8 Å². The Morgan fingerprint density at radius 1 is 1.07 bits per heavy atom. The third-order valence-corrected chi connectivity index (χ3v) is 5.34. The molecule has 0 heterocycles. The van der Waals surface area contributed by atoms with E-state index in [4.69, 9.17) is 0 Å². The zero-order valence-corrected chi connectivity index (χ0v) is 18.6. The molecule has 1 N–H and O–H groups in total. The summed E-state index contributed by atoms with van der Waals surface area (Å²) in [6.07, 6.45) is 0. The van der Waals surface area contributed by atoms with Gasteiger partial charge in [0.1, 0.15) is 17.7 Å². The zero-order valence-electron chi connectivity index (χ0n) is 17.7. The summed E-state index contributed by atoms with van der Waals surface area (Å²) < 4.78 is 27.0. The molecule has 2 rings (SSSR count). The highest BCUT2D eigenvalue weighted by atomic mass is 32.2. The molecule has 2 aromatic carbocycles. The van der Waals surface area contributed by atoms with Crippen molar-refractivity contribution in [2.75, 3.05) is 5.75 Å². The van der Waals surface area contributed by atoms with E-state index in [0.717, 1.165) is 5.56 Å². The van der Waals surface area contributed by atoms with E-state index in [1.165, 1.54) is 34.9 Å². The van der Waals surface area contributed by atoms with Crippen molar-refractivity contribution in [3.8, 4) is 0 Å². The molecule has 2 amide bonds. The molecule has 0 aromatic heterocycles. The number of hydrogen-bond acceptors (Lipinski definition) is 3. The standard InChI is InChI=1S/C23H28F2N2O2S/c1-16(22(29)26-23(2,3)4)27(13-17-9-11-19(24)12-10-17)21(28)15-30-14-18-7-5-6-8-20(18)25/h5-12,16H,13-15H2,1-4H3,(H,26,29)/t16-/m1/s1. The Bertz CT molecular complexity index is 866. The number of benzene rings is 2. The summed E-state index contributed by atoms with van der Waals surface area (Å²) in [5, 5.41) is 2.89. The van der Waals surface area contributed by atoms with Gasteiger partial charge in [0.05, 0.1) is 5.75 Å². The number of nitrogens with one attached hydrogen (secondary N) is 1. The van der Waals surface area contributed by atoms with Crippen LogP contribution in [0, 0.1) is 11.6 Å². The summed E-state index contributed by atoms with van der Waals surface area (Å²) in [7, 11) is 0. The fraction of sp³-hybridized carbons (Fsp3) is 0.391. The second-order valence-electron chi connectivity index (χ2n) is 8.15.